The summed E-state index contributed by atoms with van der Waals surface area (Å²) in [7, 11) is 1.99. The minimum absolute atomic E-state index is 0. The zero-order valence-corrected chi connectivity index (χ0v) is 12.0. The molecule has 1 aliphatic heterocycles. The standard InChI is InChI=1S/C13H26N2O.ClH/c1-3-4-5-8-13(16)15-9-6-7-12(11-15)10-14-2;/h12,14H,3-11H2,1-2H3;1H. The Hall–Kier alpha value is -0.280. The van der Waals surface area contributed by atoms with Gasteiger partial charge in [-0.05, 0) is 38.8 Å². The van der Waals surface area contributed by atoms with E-state index in [1.807, 2.05) is 7.05 Å². The highest BCUT2D eigenvalue weighted by atomic mass is 35.5. The van der Waals surface area contributed by atoms with Crippen LogP contribution in [0, 0.1) is 5.92 Å². The molecule has 1 fully saturated rings. The van der Waals surface area contributed by atoms with Gasteiger partial charge in [0.2, 0.25) is 5.91 Å². The van der Waals surface area contributed by atoms with Crippen LogP contribution in [-0.2, 0) is 4.79 Å². The minimum Gasteiger partial charge on any atom is -0.342 e. The number of halogens is 1. The maximum atomic E-state index is 11.9. The van der Waals surface area contributed by atoms with Crippen molar-refractivity contribution in [2.24, 2.45) is 5.92 Å². The molecule has 0 aromatic carbocycles. The van der Waals surface area contributed by atoms with Crippen LogP contribution in [0.4, 0.5) is 0 Å². The van der Waals surface area contributed by atoms with Crippen molar-refractivity contribution in [1.82, 2.24) is 10.2 Å². The number of piperidine rings is 1. The van der Waals surface area contributed by atoms with E-state index in [0.29, 0.717) is 11.8 Å². The van der Waals surface area contributed by atoms with Crippen molar-refractivity contribution in [2.75, 3.05) is 26.7 Å². The highest BCUT2D eigenvalue weighted by Gasteiger charge is 2.22. The van der Waals surface area contributed by atoms with Crippen molar-refractivity contribution in [1.29, 1.82) is 0 Å². The van der Waals surface area contributed by atoms with Crippen LogP contribution in [0.1, 0.15) is 45.4 Å². The molecule has 0 aromatic rings. The van der Waals surface area contributed by atoms with Crippen molar-refractivity contribution >= 4 is 18.3 Å². The molecule has 1 amide bonds. The van der Waals surface area contributed by atoms with Crippen LogP contribution in [-0.4, -0.2) is 37.5 Å². The number of nitrogens with zero attached hydrogens (tertiary/aromatic N) is 1. The lowest BCUT2D eigenvalue weighted by Gasteiger charge is -2.32. The monoisotopic (exact) mass is 262 g/mol. The molecule has 1 N–H and O–H groups in total. The van der Waals surface area contributed by atoms with Gasteiger partial charge in [0.25, 0.3) is 0 Å². The number of nitrogens with one attached hydrogen (secondary N) is 1. The van der Waals surface area contributed by atoms with Crippen molar-refractivity contribution in [3.05, 3.63) is 0 Å². The smallest absolute Gasteiger partial charge is 0.222 e. The molecule has 4 heteroatoms. The van der Waals surface area contributed by atoms with Crippen molar-refractivity contribution < 1.29 is 4.79 Å². The van der Waals surface area contributed by atoms with E-state index in [1.165, 1.54) is 25.7 Å². The summed E-state index contributed by atoms with van der Waals surface area (Å²) in [4.78, 5) is 14.0. The molecular weight excluding hydrogens is 236 g/mol. The van der Waals surface area contributed by atoms with Gasteiger partial charge in [0, 0.05) is 19.5 Å². The fourth-order valence-electron chi connectivity index (χ4n) is 2.43. The van der Waals surface area contributed by atoms with E-state index < -0.39 is 0 Å². The van der Waals surface area contributed by atoms with Crippen molar-refractivity contribution in [2.45, 2.75) is 45.4 Å². The number of carbonyl (C=O) groups excluding carboxylic acids is 1. The highest BCUT2D eigenvalue weighted by Crippen LogP contribution is 2.17. The number of likely N-dealkylation sites (tertiary alicyclic amines) is 1. The molecule has 102 valence electrons. The molecule has 1 rings (SSSR count). The van der Waals surface area contributed by atoms with E-state index in [0.717, 1.165) is 32.5 Å². The minimum atomic E-state index is 0. The topological polar surface area (TPSA) is 32.3 Å². The van der Waals surface area contributed by atoms with Gasteiger partial charge in [-0.1, -0.05) is 19.8 Å². The number of amides is 1. The second-order valence-electron chi connectivity index (χ2n) is 4.86. The summed E-state index contributed by atoms with van der Waals surface area (Å²) in [6, 6.07) is 0. The molecule has 0 saturated carbocycles. The molecule has 0 spiro atoms. The van der Waals surface area contributed by atoms with Gasteiger partial charge in [-0.3, -0.25) is 4.79 Å². The Morgan fingerprint density at radius 2 is 2.18 bits per heavy atom. The van der Waals surface area contributed by atoms with Gasteiger partial charge in [-0.25, -0.2) is 0 Å². The molecule has 17 heavy (non-hydrogen) atoms. The molecule has 1 aliphatic rings. The van der Waals surface area contributed by atoms with Gasteiger partial charge < -0.3 is 10.2 Å². The van der Waals surface area contributed by atoms with Crippen LogP contribution >= 0.6 is 12.4 Å². The van der Waals surface area contributed by atoms with Crippen LogP contribution in [0.5, 0.6) is 0 Å². The molecule has 1 heterocycles. The average Bonchev–Trinajstić information content (AvgIpc) is 2.30. The zero-order chi connectivity index (χ0) is 11.8. The Balaban J connectivity index is 0.00000256. The van der Waals surface area contributed by atoms with E-state index in [-0.39, 0.29) is 12.4 Å². The van der Waals surface area contributed by atoms with Crippen molar-refractivity contribution in [3.63, 3.8) is 0 Å². The zero-order valence-electron chi connectivity index (χ0n) is 11.2. The van der Waals surface area contributed by atoms with E-state index in [2.05, 4.69) is 17.1 Å². The highest BCUT2D eigenvalue weighted by molar-refractivity contribution is 5.85. The third-order valence-corrected chi connectivity index (χ3v) is 3.36. The predicted molar refractivity (Wildman–Crippen MR) is 74.6 cm³/mol. The lowest BCUT2D eigenvalue weighted by molar-refractivity contribution is -0.133. The first-order valence-electron chi connectivity index (χ1n) is 6.70. The molecule has 1 atom stereocenters. The third-order valence-electron chi connectivity index (χ3n) is 3.36. The Morgan fingerprint density at radius 1 is 1.41 bits per heavy atom. The largest absolute Gasteiger partial charge is 0.342 e. The van der Waals surface area contributed by atoms with Crippen LogP contribution < -0.4 is 5.32 Å². The molecule has 1 unspecified atom stereocenters. The van der Waals surface area contributed by atoms with Crippen LogP contribution in [0.15, 0.2) is 0 Å². The molecule has 3 nitrogen and oxygen atoms in total. The fourth-order valence-corrected chi connectivity index (χ4v) is 2.43. The summed E-state index contributed by atoms with van der Waals surface area (Å²) >= 11 is 0. The molecule has 0 aliphatic carbocycles. The maximum absolute atomic E-state index is 11.9. The van der Waals surface area contributed by atoms with E-state index in [9.17, 15) is 4.79 Å². The van der Waals surface area contributed by atoms with Crippen LogP contribution in [0.25, 0.3) is 0 Å². The van der Waals surface area contributed by atoms with E-state index in [4.69, 9.17) is 0 Å². The average molecular weight is 263 g/mol. The molecule has 0 radical (unpaired) electrons. The third kappa shape index (κ3) is 6.27. The number of hydrogen-bond acceptors (Lipinski definition) is 2. The van der Waals surface area contributed by atoms with Gasteiger partial charge in [0.05, 0.1) is 0 Å². The van der Waals surface area contributed by atoms with Crippen LogP contribution in [0.2, 0.25) is 0 Å². The molecule has 0 aromatic heterocycles. The molecular formula is C13H27ClN2O. The van der Waals surface area contributed by atoms with E-state index in [1.54, 1.807) is 0 Å². The first-order chi connectivity index (χ1) is 7.77. The van der Waals surface area contributed by atoms with Gasteiger partial charge in [0.1, 0.15) is 0 Å². The van der Waals surface area contributed by atoms with Gasteiger partial charge in [-0.15, -0.1) is 12.4 Å². The Labute approximate surface area is 112 Å². The Kier molecular flexibility index (Phi) is 9.56. The fraction of sp³-hybridized carbons (Fsp3) is 0.923. The first-order valence-corrected chi connectivity index (χ1v) is 6.70. The first kappa shape index (κ1) is 16.7. The quantitative estimate of drug-likeness (QED) is 0.746. The molecule has 1 saturated heterocycles. The van der Waals surface area contributed by atoms with Gasteiger partial charge in [0.15, 0.2) is 0 Å². The lowest BCUT2D eigenvalue weighted by Crippen LogP contribution is -2.42. The summed E-state index contributed by atoms with van der Waals surface area (Å²) in [6.45, 7) is 5.16. The van der Waals surface area contributed by atoms with Gasteiger partial charge >= 0.3 is 0 Å². The van der Waals surface area contributed by atoms with Crippen molar-refractivity contribution in [3.8, 4) is 0 Å². The number of hydrogen-bond donors (Lipinski definition) is 1. The number of rotatable bonds is 6. The normalized spacial score (nSPS) is 19.9. The summed E-state index contributed by atoms with van der Waals surface area (Å²) in [5.74, 6) is 1.03. The molecule has 0 bridgehead atoms. The lowest BCUT2D eigenvalue weighted by atomic mass is 9.97. The summed E-state index contributed by atoms with van der Waals surface area (Å²) < 4.78 is 0. The van der Waals surface area contributed by atoms with Gasteiger partial charge in [-0.2, -0.15) is 0 Å². The Bertz CT molecular complexity index is 210. The number of unbranched alkanes of at least 4 members (excludes halogenated alkanes) is 2. The maximum Gasteiger partial charge on any atom is 0.222 e. The van der Waals surface area contributed by atoms with Crippen LogP contribution in [0.3, 0.4) is 0 Å². The number of carbonyl (C=O) groups is 1. The summed E-state index contributed by atoms with van der Waals surface area (Å²) in [6.07, 6.45) is 6.61. The summed E-state index contributed by atoms with van der Waals surface area (Å²) in [5.41, 5.74) is 0. The predicted octanol–water partition coefficient (Wildman–Crippen LogP) is 2.45. The second kappa shape index (κ2) is 9.72. The van der Waals surface area contributed by atoms with E-state index >= 15 is 0 Å². The second-order valence-corrected chi connectivity index (χ2v) is 4.86. The SMILES string of the molecule is CCCCCC(=O)N1CCCC(CNC)C1.Cl. The Morgan fingerprint density at radius 3 is 2.82 bits per heavy atom. The summed E-state index contributed by atoms with van der Waals surface area (Å²) in [5, 5.41) is 3.21.